The molecule has 3 heterocycles. The minimum atomic E-state index is -0.896. The van der Waals surface area contributed by atoms with Gasteiger partial charge in [0.05, 0.1) is 0 Å². The molecular weight excluding hydrogens is 282 g/mol. The number of aromatic carboxylic acids is 1. The minimum Gasteiger partial charge on any atom is -0.477 e. The third-order valence-corrected chi connectivity index (χ3v) is 4.54. The van der Waals surface area contributed by atoms with Crippen LogP contribution < -0.4 is 0 Å². The van der Waals surface area contributed by atoms with Crippen molar-refractivity contribution in [1.29, 1.82) is 0 Å². The van der Waals surface area contributed by atoms with Crippen molar-refractivity contribution < 1.29 is 9.90 Å². The van der Waals surface area contributed by atoms with E-state index in [4.69, 9.17) is 5.11 Å². The van der Waals surface area contributed by atoms with Crippen molar-refractivity contribution in [2.45, 2.75) is 16.8 Å². The van der Waals surface area contributed by atoms with Crippen molar-refractivity contribution in [1.82, 2.24) is 14.6 Å². The van der Waals surface area contributed by atoms with Crippen LogP contribution in [0, 0.1) is 6.92 Å². The van der Waals surface area contributed by atoms with Gasteiger partial charge in [0, 0.05) is 10.3 Å². The fourth-order valence-corrected chi connectivity index (χ4v) is 3.61. The number of hydrogen-bond donors (Lipinski definition) is 1. The van der Waals surface area contributed by atoms with Gasteiger partial charge in [-0.05, 0) is 30.7 Å². The number of aryl methyl sites for hydroxylation is 1. The highest BCUT2D eigenvalue weighted by Gasteiger charge is 2.10. The molecule has 0 aliphatic carbocycles. The van der Waals surface area contributed by atoms with Crippen molar-refractivity contribution in [2.24, 2.45) is 0 Å². The summed E-state index contributed by atoms with van der Waals surface area (Å²) < 4.78 is 1.75. The maximum Gasteiger partial charge on any atom is 0.345 e. The lowest BCUT2D eigenvalue weighted by Gasteiger charge is -2.03. The zero-order valence-corrected chi connectivity index (χ0v) is 11.5. The van der Waals surface area contributed by atoms with Crippen LogP contribution in [-0.2, 0) is 0 Å². The SMILES string of the molecule is Cc1cc(Sc2csc(C(=O)O)c2)n2ncnc2c1. The van der Waals surface area contributed by atoms with E-state index in [1.54, 1.807) is 10.6 Å². The molecule has 0 amide bonds. The molecule has 3 aromatic heterocycles. The van der Waals surface area contributed by atoms with Gasteiger partial charge < -0.3 is 5.11 Å². The number of aromatic nitrogens is 3. The highest BCUT2D eigenvalue weighted by Crippen LogP contribution is 2.31. The van der Waals surface area contributed by atoms with Gasteiger partial charge >= 0.3 is 5.97 Å². The first-order valence-corrected chi connectivity index (χ1v) is 7.13. The van der Waals surface area contributed by atoms with Gasteiger partial charge in [-0.25, -0.2) is 14.3 Å². The molecule has 3 aromatic rings. The molecule has 0 spiro atoms. The predicted octanol–water partition coefficient (Wildman–Crippen LogP) is 2.95. The number of fused-ring (bicyclic) bond motifs is 1. The summed E-state index contributed by atoms with van der Waals surface area (Å²) in [5.41, 5.74) is 1.88. The van der Waals surface area contributed by atoms with Crippen LogP contribution in [0.2, 0.25) is 0 Å². The summed E-state index contributed by atoms with van der Waals surface area (Å²) in [7, 11) is 0. The summed E-state index contributed by atoms with van der Waals surface area (Å²) in [6.07, 6.45) is 1.51. The molecule has 96 valence electrons. The molecule has 0 aliphatic heterocycles. The van der Waals surface area contributed by atoms with Gasteiger partial charge in [-0.3, -0.25) is 0 Å². The molecule has 5 nitrogen and oxygen atoms in total. The molecule has 0 saturated heterocycles. The summed E-state index contributed by atoms with van der Waals surface area (Å²) >= 11 is 2.70. The number of rotatable bonds is 3. The summed E-state index contributed by atoms with van der Waals surface area (Å²) in [4.78, 5) is 16.3. The van der Waals surface area contributed by atoms with Crippen LogP contribution in [0.25, 0.3) is 5.65 Å². The fraction of sp³-hybridized carbons (Fsp3) is 0.0833. The average molecular weight is 291 g/mol. The van der Waals surface area contributed by atoms with Crippen LogP contribution in [0.5, 0.6) is 0 Å². The number of pyridine rings is 1. The maximum atomic E-state index is 10.9. The van der Waals surface area contributed by atoms with Gasteiger partial charge in [-0.2, -0.15) is 5.10 Å². The third-order valence-electron chi connectivity index (χ3n) is 2.50. The molecule has 0 aromatic carbocycles. The number of thiophene rings is 1. The minimum absolute atomic E-state index is 0.338. The molecule has 0 atom stereocenters. The standard InChI is InChI=1S/C12H9N3O2S2/c1-7-2-10-13-6-14-15(10)11(3-7)19-8-4-9(12(16)17)18-5-8/h2-6H,1H3,(H,16,17). The van der Waals surface area contributed by atoms with Gasteiger partial charge in [0.2, 0.25) is 0 Å². The van der Waals surface area contributed by atoms with E-state index in [1.165, 1.54) is 29.4 Å². The largest absolute Gasteiger partial charge is 0.477 e. The molecule has 0 radical (unpaired) electrons. The highest BCUT2D eigenvalue weighted by atomic mass is 32.2. The third kappa shape index (κ3) is 2.34. The number of carboxylic acids is 1. The Kier molecular flexibility index (Phi) is 3.00. The van der Waals surface area contributed by atoms with E-state index < -0.39 is 5.97 Å². The predicted molar refractivity (Wildman–Crippen MR) is 73.1 cm³/mol. The average Bonchev–Trinajstić information content (AvgIpc) is 2.96. The molecule has 7 heteroatoms. The molecule has 0 unspecified atom stereocenters. The van der Waals surface area contributed by atoms with Crippen molar-refractivity contribution in [3.63, 3.8) is 0 Å². The molecule has 3 rings (SSSR count). The topological polar surface area (TPSA) is 67.5 Å². The van der Waals surface area contributed by atoms with Crippen molar-refractivity contribution in [3.8, 4) is 0 Å². The number of carbonyl (C=O) groups is 1. The smallest absolute Gasteiger partial charge is 0.345 e. The second-order valence-corrected chi connectivity index (χ2v) is 5.96. The first-order chi connectivity index (χ1) is 9.13. The number of nitrogens with zero attached hydrogens (tertiary/aromatic N) is 3. The summed E-state index contributed by atoms with van der Waals surface area (Å²) in [5, 5.41) is 15.8. The highest BCUT2D eigenvalue weighted by molar-refractivity contribution is 7.99. The molecule has 0 bridgehead atoms. The van der Waals surface area contributed by atoms with Gasteiger partial charge in [0.1, 0.15) is 16.2 Å². The Balaban J connectivity index is 2.00. The zero-order chi connectivity index (χ0) is 13.4. The monoisotopic (exact) mass is 291 g/mol. The molecule has 0 fully saturated rings. The lowest BCUT2D eigenvalue weighted by molar-refractivity contribution is 0.0702. The summed E-state index contributed by atoms with van der Waals surface area (Å²) in [6.45, 7) is 2.00. The van der Waals surface area contributed by atoms with Crippen LogP contribution in [-0.4, -0.2) is 25.7 Å². The van der Waals surface area contributed by atoms with E-state index in [9.17, 15) is 4.79 Å². The van der Waals surface area contributed by atoms with E-state index in [-0.39, 0.29) is 0 Å². The lowest BCUT2D eigenvalue weighted by Crippen LogP contribution is -1.93. The molecule has 1 N–H and O–H groups in total. The first kappa shape index (κ1) is 12.2. The van der Waals surface area contributed by atoms with Crippen LogP contribution in [0.3, 0.4) is 0 Å². The Labute approximate surface area is 116 Å². The van der Waals surface area contributed by atoms with Crippen molar-refractivity contribution in [2.75, 3.05) is 0 Å². The molecular formula is C12H9N3O2S2. The zero-order valence-electron chi connectivity index (χ0n) is 9.90. The van der Waals surface area contributed by atoms with E-state index in [0.29, 0.717) is 4.88 Å². The van der Waals surface area contributed by atoms with Gasteiger partial charge in [0.25, 0.3) is 0 Å². The van der Waals surface area contributed by atoms with E-state index in [0.717, 1.165) is 21.1 Å². The number of hydrogen-bond acceptors (Lipinski definition) is 5. The Morgan fingerprint density at radius 3 is 3.00 bits per heavy atom. The lowest BCUT2D eigenvalue weighted by atomic mass is 10.3. The van der Waals surface area contributed by atoms with Crippen molar-refractivity contribution >= 4 is 34.7 Å². The normalized spacial score (nSPS) is 11.0. The Morgan fingerprint density at radius 2 is 2.26 bits per heavy atom. The Hall–Kier alpha value is -1.86. The van der Waals surface area contributed by atoms with E-state index in [2.05, 4.69) is 10.1 Å². The maximum absolute atomic E-state index is 10.9. The van der Waals surface area contributed by atoms with Crippen molar-refractivity contribution in [3.05, 3.63) is 40.3 Å². The second-order valence-electron chi connectivity index (χ2n) is 3.95. The number of carboxylic acid groups (broad SMARTS) is 1. The van der Waals surface area contributed by atoms with E-state index in [1.807, 2.05) is 24.4 Å². The second kappa shape index (κ2) is 4.67. The fourth-order valence-electron chi connectivity index (χ4n) is 1.70. The Morgan fingerprint density at radius 1 is 1.42 bits per heavy atom. The van der Waals surface area contributed by atoms with Gasteiger partial charge in [-0.1, -0.05) is 11.8 Å². The molecule has 0 saturated carbocycles. The van der Waals surface area contributed by atoms with Crippen LogP contribution in [0.15, 0.2) is 39.8 Å². The Bertz CT molecular complexity index is 763. The van der Waals surface area contributed by atoms with Gasteiger partial charge in [-0.15, -0.1) is 11.3 Å². The van der Waals surface area contributed by atoms with Crippen LogP contribution in [0.4, 0.5) is 0 Å². The first-order valence-electron chi connectivity index (χ1n) is 5.43. The van der Waals surface area contributed by atoms with E-state index >= 15 is 0 Å². The van der Waals surface area contributed by atoms with Crippen LogP contribution >= 0.6 is 23.1 Å². The molecule has 0 aliphatic rings. The summed E-state index contributed by atoms with van der Waals surface area (Å²) in [5.74, 6) is -0.896. The molecule has 19 heavy (non-hydrogen) atoms. The van der Waals surface area contributed by atoms with Gasteiger partial charge in [0.15, 0.2) is 5.65 Å². The van der Waals surface area contributed by atoms with Crippen LogP contribution in [0.1, 0.15) is 15.2 Å². The summed E-state index contributed by atoms with van der Waals surface area (Å²) in [6, 6.07) is 5.63. The quantitative estimate of drug-likeness (QED) is 0.803.